The van der Waals surface area contributed by atoms with Crippen molar-refractivity contribution in [1.29, 1.82) is 0 Å². The van der Waals surface area contributed by atoms with Crippen LogP contribution in [0.3, 0.4) is 0 Å². The van der Waals surface area contributed by atoms with Crippen molar-refractivity contribution in [3.05, 3.63) is 65.2 Å². The molecule has 132 valence electrons. The van der Waals surface area contributed by atoms with E-state index < -0.39 is 5.97 Å². The van der Waals surface area contributed by atoms with Gasteiger partial charge in [-0.1, -0.05) is 56.7 Å². The van der Waals surface area contributed by atoms with Crippen LogP contribution < -0.4 is 5.32 Å². The first kappa shape index (κ1) is 18.7. The number of hydrogen-bond acceptors (Lipinski definition) is 3. The van der Waals surface area contributed by atoms with Gasteiger partial charge in [-0.3, -0.25) is 4.79 Å². The molecular weight excluding hydrogens is 314 g/mol. The van der Waals surface area contributed by atoms with Crippen molar-refractivity contribution in [2.75, 3.05) is 12.4 Å². The van der Waals surface area contributed by atoms with Crippen LogP contribution in [0.1, 0.15) is 47.7 Å². The quantitative estimate of drug-likeness (QED) is 0.786. The zero-order valence-electron chi connectivity index (χ0n) is 15.2. The molecule has 25 heavy (non-hydrogen) atoms. The summed E-state index contributed by atoms with van der Waals surface area (Å²) in [6.45, 7) is 6.06. The lowest BCUT2D eigenvalue weighted by molar-refractivity contribution is -0.118. The van der Waals surface area contributed by atoms with E-state index in [-0.39, 0.29) is 17.7 Å². The van der Waals surface area contributed by atoms with Crippen LogP contribution >= 0.6 is 0 Å². The highest BCUT2D eigenvalue weighted by Gasteiger charge is 2.26. The third-order valence-electron chi connectivity index (χ3n) is 4.57. The molecule has 0 heterocycles. The summed E-state index contributed by atoms with van der Waals surface area (Å²) >= 11 is 0. The maximum atomic E-state index is 13.0. The van der Waals surface area contributed by atoms with Gasteiger partial charge in [0.1, 0.15) is 0 Å². The van der Waals surface area contributed by atoms with Gasteiger partial charge in [0.15, 0.2) is 0 Å². The smallest absolute Gasteiger partial charge is 0.337 e. The van der Waals surface area contributed by atoms with Gasteiger partial charge in [0.2, 0.25) is 5.91 Å². The lowest BCUT2D eigenvalue weighted by Gasteiger charge is -2.23. The van der Waals surface area contributed by atoms with Crippen molar-refractivity contribution < 1.29 is 14.3 Å². The van der Waals surface area contributed by atoms with Gasteiger partial charge < -0.3 is 10.1 Å². The fourth-order valence-corrected chi connectivity index (χ4v) is 2.85. The summed E-state index contributed by atoms with van der Waals surface area (Å²) in [6, 6.07) is 15.0. The summed E-state index contributed by atoms with van der Waals surface area (Å²) in [5.74, 6) is -0.526. The second-order valence-electron chi connectivity index (χ2n) is 6.28. The summed E-state index contributed by atoms with van der Waals surface area (Å²) in [6.07, 6.45) is 0.897. The second kappa shape index (κ2) is 8.47. The van der Waals surface area contributed by atoms with Crippen molar-refractivity contribution in [2.24, 2.45) is 5.92 Å². The molecule has 4 nitrogen and oxygen atoms in total. The Morgan fingerprint density at radius 3 is 2.40 bits per heavy atom. The number of hydrogen-bond donors (Lipinski definition) is 1. The maximum Gasteiger partial charge on any atom is 0.337 e. The number of anilines is 1. The first-order chi connectivity index (χ1) is 12.0. The number of ether oxygens (including phenoxy) is 1. The van der Waals surface area contributed by atoms with Crippen LogP contribution in [0.5, 0.6) is 0 Å². The van der Waals surface area contributed by atoms with E-state index >= 15 is 0 Å². The number of methoxy groups -OCH3 is 1. The van der Waals surface area contributed by atoms with E-state index in [0.717, 1.165) is 17.5 Å². The predicted molar refractivity (Wildman–Crippen MR) is 99.8 cm³/mol. The highest BCUT2D eigenvalue weighted by atomic mass is 16.5. The molecule has 0 radical (unpaired) electrons. The first-order valence-corrected chi connectivity index (χ1v) is 8.52. The Balaban J connectivity index is 2.31. The van der Waals surface area contributed by atoms with Crippen LogP contribution in [-0.4, -0.2) is 19.0 Å². The summed E-state index contributed by atoms with van der Waals surface area (Å²) in [5.41, 5.74) is 2.95. The summed E-state index contributed by atoms with van der Waals surface area (Å²) < 4.78 is 4.76. The van der Waals surface area contributed by atoms with E-state index in [1.807, 2.05) is 43.3 Å². The minimum absolute atomic E-state index is 0.0642. The van der Waals surface area contributed by atoms with Gasteiger partial charge in [0.05, 0.1) is 18.6 Å². The van der Waals surface area contributed by atoms with Gasteiger partial charge in [-0.25, -0.2) is 4.79 Å². The minimum atomic E-state index is -0.419. The Morgan fingerprint density at radius 2 is 1.80 bits per heavy atom. The third-order valence-corrected chi connectivity index (χ3v) is 4.57. The number of nitrogens with one attached hydrogen (secondary N) is 1. The van der Waals surface area contributed by atoms with Crippen LogP contribution in [0.2, 0.25) is 0 Å². The molecular formula is C21H25NO3. The Morgan fingerprint density at radius 1 is 1.12 bits per heavy atom. The molecule has 1 N–H and O–H groups in total. The highest BCUT2D eigenvalue weighted by molar-refractivity contribution is 5.98. The lowest BCUT2D eigenvalue weighted by atomic mass is 9.84. The van der Waals surface area contributed by atoms with Gasteiger partial charge in [-0.2, -0.15) is 0 Å². The molecule has 0 unspecified atom stereocenters. The third kappa shape index (κ3) is 4.47. The lowest BCUT2D eigenvalue weighted by Crippen LogP contribution is -2.26. The molecule has 0 aliphatic carbocycles. The van der Waals surface area contributed by atoms with E-state index in [1.54, 1.807) is 12.1 Å². The summed E-state index contributed by atoms with van der Waals surface area (Å²) in [5, 5.41) is 3.00. The normalized spacial score (nSPS) is 13.0. The maximum absolute atomic E-state index is 13.0. The van der Waals surface area contributed by atoms with Crippen molar-refractivity contribution in [3.8, 4) is 0 Å². The molecule has 0 spiro atoms. The molecule has 0 aliphatic rings. The van der Waals surface area contributed by atoms with Crippen LogP contribution in [-0.2, 0) is 9.53 Å². The largest absolute Gasteiger partial charge is 0.465 e. The average Bonchev–Trinajstić information content (AvgIpc) is 2.63. The van der Waals surface area contributed by atoms with Gasteiger partial charge in [-0.15, -0.1) is 0 Å². The van der Waals surface area contributed by atoms with E-state index in [0.29, 0.717) is 11.3 Å². The zero-order valence-corrected chi connectivity index (χ0v) is 15.2. The topological polar surface area (TPSA) is 55.4 Å². The molecule has 0 saturated carbocycles. The number of aryl methyl sites for hydroxylation is 1. The fraction of sp³-hybridized carbons (Fsp3) is 0.333. The van der Waals surface area contributed by atoms with E-state index in [4.69, 9.17) is 4.74 Å². The monoisotopic (exact) mass is 339 g/mol. The van der Waals surface area contributed by atoms with Crippen molar-refractivity contribution in [1.82, 2.24) is 0 Å². The van der Waals surface area contributed by atoms with E-state index in [2.05, 4.69) is 19.2 Å². The van der Waals surface area contributed by atoms with Gasteiger partial charge >= 0.3 is 5.97 Å². The molecule has 2 aromatic carbocycles. The molecule has 1 amide bonds. The Bertz CT molecular complexity index is 740. The molecule has 2 rings (SSSR count). The van der Waals surface area contributed by atoms with Crippen LogP contribution in [0.25, 0.3) is 0 Å². The van der Waals surface area contributed by atoms with Crippen molar-refractivity contribution >= 4 is 17.6 Å². The Kier molecular flexibility index (Phi) is 6.34. The fourth-order valence-electron chi connectivity index (χ4n) is 2.85. The number of esters is 1. The molecule has 0 saturated heterocycles. The molecule has 2 aromatic rings. The molecule has 0 aromatic heterocycles. The number of rotatable bonds is 6. The summed E-state index contributed by atoms with van der Waals surface area (Å²) in [7, 11) is 1.34. The molecule has 0 bridgehead atoms. The Hall–Kier alpha value is -2.62. The second-order valence-corrected chi connectivity index (χ2v) is 6.28. The number of carbonyl (C=O) groups is 2. The van der Waals surface area contributed by atoms with Gasteiger partial charge in [-0.05, 0) is 36.1 Å². The predicted octanol–water partition coefficient (Wildman–Crippen LogP) is 4.55. The van der Waals surface area contributed by atoms with E-state index in [1.165, 1.54) is 7.11 Å². The molecule has 2 atom stereocenters. The van der Waals surface area contributed by atoms with Crippen LogP contribution in [0.15, 0.2) is 48.5 Å². The SMILES string of the molecule is CC[C@@H](C)[C@@H](C(=O)Nc1cc(C(=O)OC)ccc1C)c1ccccc1. The summed E-state index contributed by atoms with van der Waals surface area (Å²) in [4.78, 5) is 24.7. The minimum Gasteiger partial charge on any atom is -0.465 e. The zero-order chi connectivity index (χ0) is 18.4. The van der Waals surface area contributed by atoms with E-state index in [9.17, 15) is 9.59 Å². The van der Waals surface area contributed by atoms with Crippen molar-refractivity contribution in [3.63, 3.8) is 0 Å². The van der Waals surface area contributed by atoms with Gasteiger partial charge in [0.25, 0.3) is 0 Å². The molecule has 0 fully saturated rings. The number of amides is 1. The average molecular weight is 339 g/mol. The Labute approximate surface area is 149 Å². The molecule has 4 heteroatoms. The van der Waals surface area contributed by atoms with Crippen LogP contribution in [0, 0.1) is 12.8 Å². The standard InChI is InChI=1S/C21H25NO3/c1-5-14(2)19(16-9-7-6-8-10-16)20(23)22-18-13-17(21(24)25-4)12-11-15(18)3/h6-14,19H,5H2,1-4H3,(H,22,23)/t14-,19-/m1/s1. The van der Waals surface area contributed by atoms with Crippen LogP contribution in [0.4, 0.5) is 5.69 Å². The number of benzene rings is 2. The van der Waals surface area contributed by atoms with Crippen molar-refractivity contribution in [2.45, 2.75) is 33.1 Å². The van der Waals surface area contributed by atoms with Gasteiger partial charge in [0, 0.05) is 5.69 Å². The highest BCUT2D eigenvalue weighted by Crippen LogP contribution is 2.29. The molecule has 0 aliphatic heterocycles. The first-order valence-electron chi connectivity index (χ1n) is 8.52. The number of carbonyl (C=O) groups excluding carboxylic acids is 2.